The molecule has 0 aromatic heterocycles. The highest BCUT2D eigenvalue weighted by atomic mass is 32.3. The van der Waals surface area contributed by atoms with Crippen molar-refractivity contribution in [2.45, 2.75) is 0 Å². The number of hydrogen-bond donors (Lipinski definition) is 0. The second-order valence-electron chi connectivity index (χ2n) is 2.54. The fourth-order valence-corrected chi connectivity index (χ4v) is 1.54. The number of ether oxygens (including phenoxy) is 2. The Labute approximate surface area is 77.1 Å². The molecule has 13 heavy (non-hydrogen) atoms. The zero-order valence-corrected chi connectivity index (χ0v) is 7.86. The molecule has 1 rings (SSSR count). The lowest BCUT2D eigenvalue weighted by Crippen LogP contribution is -2.27. The van der Waals surface area contributed by atoms with Crippen LogP contribution in [-0.4, -0.2) is 43.8 Å². The Morgan fingerprint density at radius 1 is 0.846 bits per heavy atom. The molecule has 0 aromatic carbocycles. The molecule has 0 unspecified atom stereocenters. The molecule has 0 amide bonds. The van der Waals surface area contributed by atoms with Crippen LogP contribution in [0.1, 0.15) is 0 Å². The molecule has 1 aliphatic heterocycles. The lowest BCUT2D eigenvalue weighted by molar-refractivity contribution is 0.0629. The standard InChI is InChI=1S/C6H12F3NO2S/c7-13(8,9)10-1-3-11-5-6-12-4-2-10/h1-6H2. The van der Waals surface area contributed by atoms with Gasteiger partial charge in [-0.25, -0.2) is 0 Å². The van der Waals surface area contributed by atoms with Gasteiger partial charge in [-0.1, -0.05) is 0 Å². The van der Waals surface area contributed by atoms with Gasteiger partial charge in [0.2, 0.25) is 0 Å². The molecule has 0 bridgehead atoms. The molecule has 0 aliphatic carbocycles. The molecule has 0 saturated carbocycles. The summed E-state index contributed by atoms with van der Waals surface area (Å²) in [5.41, 5.74) is 0. The molecule has 0 atom stereocenters. The first-order valence-electron chi connectivity index (χ1n) is 3.93. The van der Waals surface area contributed by atoms with Crippen molar-refractivity contribution in [3.05, 3.63) is 0 Å². The molecule has 0 spiro atoms. The molecule has 0 aromatic rings. The Hall–Kier alpha value is 0.0200. The van der Waals surface area contributed by atoms with Gasteiger partial charge in [0.1, 0.15) is 0 Å². The molecule has 80 valence electrons. The summed E-state index contributed by atoms with van der Waals surface area (Å²) < 4.78 is 47.2. The van der Waals surface area contributed by atoms with Gasteiger partial charge in [0.25, 0.3) is 11.4 Å². The molecule has 1 heterocycles. The summed E-state index contributed by atoms with van der Waals surface area (Å²) in [5, 5.41) is 0. The van der Waals surface area contributed by atoms with Gasteiger partial charge in [0.15, 0.2) is 0 Å². The van der Waals surface area contributed by atoms with Gasteiger partial charge in [-0.3, -0.25) is 0 Å². The summed E-state index contributed by atoms with van der Waals surface area (Å²) in [6, 6.07) is 0. The van der Waals surface area contributed by atoms with E-state index in [4.69, 9.17) is 9.47 Å². The monoisotopic (exact) mass is 219 g/mol. The molecule has 3 nitrogen and oxygen atoms in total. The van der Waals surface area contributed by atoms with E-state index in [0.717, 1.165) is 0 Å². The lowest BCUT2D eigenvalue weighted by atomic mass is 10.6. The van der Waals surface area contributed by atoms with Gasteiger partial charge in [-0.15, -0.1) is 11.7 Å². The highest BCUT2D eigenvalue weighted by Gasteiger charge is 2.30. The first-order chi connectivity index (χ1) is 6.11. The molecule has 0 N–H and O–H groups in total. The van der Waals surface area contributed by atoms with Gasteiger partial charge < -0.3 is 9.47 Å². The topological polar surface area (TPSA) is 21.7 Å². The molecule has 1 saturated heterocycles. The Balaban J connectivity index is 2.41. The fourth-order valence-electron chi connectivity index (χ4n) is 0.974. The lowest BCUT2D eigenvalue weighted by Gasteiger charge is -2.25. The quantitative estimate of drug-likeness (QED) is 0.670. The third kappa shape index (κ3) is 4.17. The molecule has 0 radical (unpaired) electrons. The average Bonchev–Trinajstić information content (AvgIpc) is 2.14. The first-order valence-corrected chi connectivity index (χ1v) is 5.22. The summed E-state index contributed by atoms with van der Waals surface area (Å²) in [7, 11) is 0. The van der Waals surface area contributed by atoms with E-state index >= 15 is 0 Å². The van der Waals surface area contributed by atoms with Crippen molar-refractivity contribution < 1.29 is 21.1 Å². The molecule has 7 heteroatoms. The Bertz CT molecular complexity index is 145. The van der Waals surface area contributed by atoms with Crippen LogP contribution in [0.25, 0.3) is 0 Å². The summed E-state index contributed by atoms with van der Waals surface area (Å²) in [6.45, 7) is 0.832. The van der Waals surface area contributed by atoms with Crippen LogP contribution >= 0.6 is 11.4 Å². The highest BCUT2D eigenvalue weighted by molar-refractivity contribution is 8.18. The van der Waals surface area contributed by atoms with Crippen LogP contribution < -0.4 is 0 Å². The van der Waals surface area contributed by atoms with E-state index < -0.39 is 11.4 Å². The van der Waals surface area contributed by atoms with E-state index in [9.17, 15) is 11.7 Å². The normalized spacial score (nSPS) is 24.5. The van der Waals surface area contributed by atoms with Crippen LogP contribution in [0.15, 0.2) is 0 Å². The molecule has 1 fully saturated rings. The van der Waals surface area contributed by atoms with Crippen LogP contribution in [0, 0.1) is 0 Å². The SMILES string of the molecule is FS(F)(F)N1CCOCCOCC1. The zero-order valence-electron chi connectivity index (χ0n) is 7.05. The maximum absolute atomic E-state index is 12.3. The van der Waals surface area contributed by atoms with Crippen molar-refractivity contribution in [2.24, 2.45) is 0 Å². The second-order valence-corrected chi connectivity index (χ2v) is 3.82. The van der Waals surface area contributed by atoms with Crippen LogP contribution in [-0.2, 0) is 9.47 Å². The summed E-state index contributed by atoms with van der Waals surface area (Å²) in [5.74, 6) is 0. The van der Waals surface area contributed by atoms with Gasteiger partial charge in [0.05, 0.1) is 26.4 Å². The predicted octanol–water partition coefficient (Wildman–Crippen LogP) is 1.71. The van der Waals surface area contributed by atoms with Crippen molar-refractivity contribution in [3.8, 4) is 0 Å². The average molecular weight is 219 g/mol. The van der Waals surface area contributed by atoms with Gasteiger partial charge in [-0.2, -0.15) is 4.31 Å². The minimum absolute atomic E-state index is 0.0812. The number of rotatable bonds is 1. The van der Waals surface area contributed by atoms with Crippen LogP contribution in [0.3, 0.4) is 0 Å². The first kappa shape index (κ1) is 11.1. The minimum atomic E-state index is -5.11. The number of hydrogen-bond acceptors (Lipinski definition) is 3. The van der Waals surface area contributed by atoms with Crippen molar-refractivity contribution in [1.29, 1.82) is 0 Å². The summed E-state index contributed by atoms with van der Waals surface area (Å²) in [6.07, 6.45) is 0. The Morgan fingerprint density at radius 3 is 1.69 bits per heavy atom. The highest BCUT2D eigenvalue weighted by Crippen LogP contribution is 2.56. The number of halogens is 3. The maximum Gasteiger partial charge on any atom is 0.278 e. The van der Waals surface area contributed by atoms with E-state index in [1.54, 1.807) is 0 Å². The van der Waals surface area contributed by atoms with E-state index in [2.05, 4.69) is 0 Å². The summed E-state index contributed by atoms with van der Waals surface area (Å²) >= 11 is -5.11. The van der Waals surface area contributed by atoms with Crippen molar-refractivity contribution in [3.63, 3.8) is 0 Å². The zero-order chi connectivity index (χ0) is 9.73. The summed E-state index contributed by atoms with van der Waals surface area (Å²) in [4.78, 5) is 0. The second kappa shape index (κ2) is 5.04. The van der Waals surface area contributed by atoms with Crippen LogP contribution in [0.2, 0.25) is 0 Å². The van der Waals surface area contributed by atoms with Crippen LogP contribution in [0.4, 0.5) is 11.7 Å². The van der Waals surface area contributed by atoms with Gasteiger partial charge in [0, 0.05) is 13.1 Å². The molecular weight excluding hydrogens is 207 g/mol. The Kier molecular flexibility index (Phi) is 4.30. The predicted molar refractivity (Wildman–Crippen MR) is 44.1 cm³/mol. The smallest absolute Gasteiger partial charge is 0.278 e. The molecular formula is C6H12F3NO2S. The third-order valence-electron chi connectivity index (χ3n) is 1.63. The van der Waals surface area contributed by atoms with E-state index in [1.165, 1.54) is 0 Å². The third-order valence-corrected chi connectivity index (χ3v) is 2.59. The Morgan fingerprint density at radius 2 is 1.31 bits per heavy atom. The van der Waals surface area contributed by atoms with Crippen LogP contribution in [0.5, 0.6) is 0 Å². The van der Waals surface area contributed by atoms with Crippen molar-refractivity contribution in [1.82, 2.24) is 4.31 Å². The van der Waals surface area contributed by atoms with E-state index in [0.29, 0.717) is 17.5 Å². The number of nitrogens with zero attached hydrogens (tertiary/aromatic N) is 1. The minimum Gasteiger partial charge on any atom is -0.378 e. The van der Waals surface area contributed by atoms with E-state index in [-0.39, 0.29) is 26.3 Å². The molecule has 1 aliphatic rings. The van der Waals surface area contributed by atoms with E-state index in [1.807, 2.05) is 0 Å². The van der Waals surface area contributed by atoms with Crippen molar-refractivity contribution >= 4 is 11.4 Å². The van der Waals surface area contributed by atoms with Gasteiger partial charge >= 0.3 is 0 Å². The van der Waals surface area contributed by atoms with Crippen molar-refractivity contribution in [2.75, 3.05) is 39.5 Å². The fraction of sp³-hybridized carbons (Fsp3) is 1.00. The van der Waals surface area contributed by atoms with Gasteiger partial charge in [-0.05, 0) is 0 Å². The maximum atomic E-state index is 12.3. The largest absolute Gasteiger partial charge is 0.378 e.